The van der Waals surface area contributed by atoms with E-state index in [1.165, 1.54) is 19.3 Å². The first-order chi connectivity index (χ1) is 14.1. The maximum Gasteiger partial charge on any atom is 0.350 e. The molecule has 30 heavy (non-hydrogen) atoms. The highest BCUT2D eigenvalue weighted by Gasteiger charge is 2.13. The van der Waals surface area contributed by atoms with Crippen LogP contribution in [0.2, 0.25) is 0 Å². The van der Waals surface area contributed by atoms with Crippen molar-refractivity contribution in [2.75, 3.05) is 45.7 Å². The van der Waals surface area contributed by atoms with E-state index in [4.69, 9.17) is 19.6 Å². The lowest BCUT2D eigenvalue weighted by atomic mass is 10.3. The maximum absolute atomic E-state index is 11.3. The minimum atomic E-state index is -4.09. The van der Waals surface area contributed by atoms with Gasteiger partial charge in [0.25, 0.3) is 0 Å². The zero-order chi connectivity index (χ0) is 24.0. The molecule has 10 heteroatoms. The van der Waals surface area contributed by atoms with Gasteiger partial charge >= 0.3 is 7.60 Å². The SMILES string of the molecule is CCC(=O)N(CC)CCO.CCC(=O)N(CC)CCOCP(=O)(O)O.CCCCC. The summed E-state index contributed by atoms with van der Waals surface area (Å²) in [6, 6.07) is 0. The highest BCUT2D eigenvalue weighted by molar-refractivity contribution is 7.51. The third-order valence-corrected chi connectivity index (χ3v) is 4.43. The van der Waals surface area contributed by atoms with Gasteiger partial charge in [-0.2, -0.15) is 0 Å². The Kier molecular flexibility index (Phi) is 25.4. The molecule has 0 bridgehead atoms. The van der Waals surface area contributed by atoms with Crippen LogP contribution in [0.15, 0.2) is 0 Å². The van der Waals surface area contributed by atoms with Gasteiger partial charge in [0.1, 0.15) is 6.35 Å². The third kappa shape index (κ3) is 23.3. The van der Waals surface area contributed by atoms with Crippen molar-refractivity contribution in [2.24, 2.45) is 0 Å². The van der Waals surface area contributed by atoms with E-state index in [9.17, 15) is 14.2 Å². The molecule has 0 heterocycles. The van der Waals surface area contributed by atoms with Crippen LogP contribution in [0.25, 0.3) is 0 Å². The predicted molar refractivity (Wildman–Crippen MR) is 120 cm³/mol. The molecule has 0 aliphatic heterocycles. The highest BCUT2D eigenvalue weighted by Crippen LogP contribution is 2.33. The molecular weight excluding hydrogens is 411 g/mol. The molecule has 0 aromatic rings. The van der Waals surface area contributed by atoms with Gasteiger partial charge in [-0.25, -0.2) is 0 Å². The van der Waals surface area contributed by atoms with E-state index in [0.29, 0.717) is 39.0 Å². The van der Waals surface area contributed by atoms with Crippen molar-refractivity contribution >= 4 is 19.4 Å². The van der Waals surface area contributed by atoms with Crippen molar-refractivity contribution in [3.05, 3.63) is 0 Å². The lowest BCUT2D eigenvalue weighted by Crippen LogP contribution is -2.33. The Hall–Kier alpha value is -0.990. The van der Waals surface area contributed by atoms with Crippen molar-refractivity contribution in [2.45, 2.75) is 73.6 Å². The Bertz CT molecular complexity index is 456. The fourth-order valence-corrected chi connectivity index (χ4v) is 2.56. The molecule has 0 aliphatic carbocycles. The standard InChI is InChI=1S/C8H18NO5P.C7H15NO2.C5H12/c1-3-8(10)9(4-2)5-6-14-7-15(11,12)13;1-3-7(10)8(4-2)5-6-9;1-3-5-4-2/h3-7H2,1-2H3,(H2,11,12,13);9H,3-6H2,1-2H3;3-5H2,1-2H3. The number of likely N-dealkylation sites (N-methyl/N-ethyl adjacent to an activating group) is 2. The van der Waals surface area contributed by atoms with E-state index in [-0.39, 0.29) is 25.0 Å². The second kappa shape index (κ2) is 22.7. The van der Waals surface area contributed by atoms with Crippen molar-refractivity contribution < 1.29 is 33.8 Å². The Morgan fingerprint density at radius 2 is 1.27 bits per heavy atom. The molecule has 9 nitrogen and oxygen atoms in total. The summed E-state index contributed by atoms with van der Waals surface area (Å²) in [6.45, 7) is 14.0. The minimum Gasteiger partial charge on any atom is -0.395 e. The molecule has 0 radical (unpaired) electrons. The van der Waals surface area contributed by atoms with Gasteiger partial charge in [0, 0.05) is 39.0 Å². The number of aliphatic hydroxyl groups excluding tert-OH is 1. The van der Waals surface area contributed by atoms with E-state index >= 15 is 0 Å². The second-order valence-electron chi connectivity index (χ2n) is 6.43. The number of aliphatic hydroxyl groups is 1. The number of ether oxygens (including phenoxy) is 1. The molecule has 2 amide bonds. The van der Waals surface area contributed by atoms with Gasteiger partial charge in [0.15, 0.2) is 0 Å². The molecule has 0 saturated carbocycles. The summed E-state index contributed by atoms with van der Waals surface area (Å²) >= 11 is 0. The molecule has 0 aromatic carbocycles. The van der Waals surface area contributed by atoms with Gasteiger partial charge in [-0.15, -0.1) is 0 Å². The van der Waals surface area contributed by atoms with Crippen LogP contribution in [0.5, 0.6) is 0 Å². The number of rotatable bonds is 13. The molecule has 0 aromatic heterocycles. The normalized spacial score (nSPS) is 10.3. The second-order valence-corrected chi connectivity index (χ2v) is 8.02. The number of hydrogen-bond acceptors (Lipinski definition) is 5. The van der Waals surface area contributed by atoms with Crippen LogP contribution in [-0.2, 0) is 18.9 Å². The Morgan fingerprint density at radius 3 is 1.53 bits per heavy atom. The van der Waals surface area contributed by atoms with Crippen molar-refractivity contribution in [3.8, 4) is 0 Å². The number of unbranched alkanes of at least 4 members (excludes halogenated alkanes) is 2. The van der Waals surface area contributed by atoms with Gasteiger partial charge in [-0.1, -0.05) is 47.0 Å². The van der Waals surface area contributed by atoms with Crippen LogP contribution < -0.4 is 0 Å². The van der Waals surface area contributed by atoms with Gasteiger partial charge in [0.2, 0.25) is 11.8 Å². The average molecular weight is 457 g/mol. The van der Waals surface area contributed by atoms with Crippen LogP contribution in [0.3, 0.4) is 0 Å². The quantitative estimate of drug-likeness (QED) is 0.287. The molecule has 0 saturated heterocycles. The molecule has 0 rings (SSSR count). The zero-order valence-electron chi connectivity index (χ0n) is 19.8. The first-order valence-corrected chi connectivity index (χ1v) is 12.7. The molecule has 0 aliphatic rings. The number of carbonyl (C=O) groups is 2. The molecular formula is C20H45N2O7P. The maximum atomic E-state index is 11.3. The molecule has 0 spiro atoms. The summed E-state index contributed by atoms with van der Waals surface area (Å²) in [4.78, 5) is 42.4. The van der Waals surface area contributed by atoms with Gasteiger partial charge in [0.05, 0.1) is 13.2 Å². The monoisotopic (exact) mass is 456 g/mol. The lowest BCUT2D eigenvalue weighted by molar-refractivity contribution is -0.132. The summed E-state index contributed by atoms with van der Waals surface area (Å²) in [5.41, 5.74) is 0. The Morgan fingerprint density at radius 1 is 0.833 bits per heavy atom. The number of hydrogen-bond donors (Lipinski definition) is 3. The van der Waals surface area contributed by atoms with Crippen molar-refractivity contribution in [1.82, 2.24) is 9.80 Å². The van der Waals surface area contributed by atoms with E-state index in [1.807, 2.05) is 20.8 Å². The van der Waals surface area contributed by atoms with Crippen molar-refractivity contribution in [1.29, 1.82) is 0 Å². The molecule has 0 fully saturated rings. The van der Waals surface area contributed by atoms with E-state index in [2.05, 4.69) is 13.8 Å². The van der Waals surface area contributed by atoms with E-state index < -0.39 is 13.9 Å². The summed E-state index contributed by atoms with van der Waals surface area (Å²) in [5, 5.41) is 8.52. The van der Waals surface area contributed by atoms with E-state index in [0.717, 1.165) is 0 Å². The Labute approximate surface area is 182 Å². The molecule has 0 unspecified atom stereocenters. The summed E-state index contributed by atoms with van der Waals surface area (Å²) in [5.74, 6) is 0.119. The first-order valence-electron chi connectivity index (χ1n) is 10.9. The highest BCUT2D eigenvalue weighted by atomic mass is 31.2. The lowest BCUT2D eigenvalue weighted by Gasteiger charge is -2.19. The van der Waals surface area contributed by atoms with Gasteiger partial charge in [-0.05, 0) is 13.8 Å². The first kappa shape index (κ1) is 33.6. The zero-order valence-corrected chi connectivity index (χ0v) is 20.7. The minimum absolute atomic E-state index is 0.0114. The van der Waals surface area contributed by atoms with E-state index in [1.54, 1.807) is 16.7 Å². The van der Waals surface area contributed by atoms with Crippen molar-refractivity contribution in [3.63, 3.8) is 0 Å². The number of nitrogens with zero attached hydrogens (tertiary/aromatic N) is 2. The molecule has 3 N–H and O–H groups in total. The fraction of sp³-hybridized carbons (Fsp3) is 0.900. The van der Waals surface area contributed by atoms with Gasteiger partial charge < -0.3 is 29.4 Å². The largest absolute Gasteiger partial charge is 0.395 e. The fourth-order valence-electron chi connectivity index (χ4n) is 2.20. The topological polar surface area (TPSA) is 128 Å². The van der Waals surface area contributed by atoms with Crippen LogP contribution in [0, 0.1) is 0 Å². The van der Waals surface area contributed by atoms with Crippen LogP contribution in [-0.4, -0.2) is 82.2 Å². The smallest absolute Gasteiger partial charge is 0.350 e. The Balaban J connectivity index is -0.000000417. The third-order valence-electron chi connectivity index (χ3n) is 3.92. The summed E-state index contributed by atoms with van der Waals surface area (Å²) in [7, 11) is -4.09. The molecule has 0 atom stereocenters. The van der Waals surface area contributed by atoms with Crippen LogP contribution in [0.1, 0.15) is 73.6 Å². The number of amides is 2. The predicted octanol–water partition coefficient (Wildman–Crippen LogP) is 2.83. The van der Waals surface area contributed by atoms with Crippen LogP contribution >= 0.6 is 7.60 Å². The molecule has 182 valence electrons. The summed E-state index contributed by atoms with van der Waals surface area (Å²) < 4.78 is 15.2. The number of carbonyl (C=O) groups excluding carboxylic acids is 2. The average Bonchev–Trinajstić information content (AvgIpc) is 2.71. The van der Waals surface area contributed by atoms with Crippen LogP contribution in [0.4, 0.5) is 0 Å². The summed E-state index contributed by atoms with van der Waals surface area (Å²) in [6.07, 6.45) is 4.43. The van der Waals surface area contributed by atoms with Gasteiger partial charge in [-0.3, -0.25) is 14.2 Å².